The summed E-state index contributed by atoms with van der Waals surface area (Å²) in [5.41, 5.74) is 6.02. The number of hydrogen-bond donors (Lipinski definition) is 2. The predicted molar refractivity (Wildman–Crippen MR) is 93.1 cm³/mol. The van der Waals surface area contributed by atoms with Crippen LogP contribution in [-0.4, -0.2) is 18.9 Å². The molecule has 0 aliphatic rings. The Hall–Kier alpha value is -2.53. The highest BCUT2D eigenvalue weighted by Gasteiger charge is 2.20. The number of carbonyl (C=O) groups is 2. The van der Waals surface area contributed by atoms with E-state index < -0.39 is 5.91 Å². The van der Waals surface area contributed by atoms with E-state index in [0.717, 1.165) is 5.56 Å². The minimum atomic E-state index is -0.495. The molecule has 2 rings (SSSR count). The van der Waals surface area contributed by atoms with Crippen LogP contribution in [0.5, 0.6) is 5.75 Å². The third kappa shape index (κ3) is 4.26. The van der Waals surface area contributed by atoms with Crippen LogP contribution in [0.1, 0.15) is 35.2 Å². The zero-order valence-corrected chi connectivity index (χ0v) is 14.3. The van der Waals surface area contributed by atoms with E-state index in [1.807, 2.05) is 37.3 Å². The van der Waals surface area contributed by atoms with E-state index in [4.69, 9.17) is 16.3 Å². The quantitative estimate of drug-likeness (QED) is 0.816. The van der Waals surface area contributed by atoms with Crippen molar-refractivity contribution in [1.29, 1.82) is 0 Å². The fourth-order valence-electron chi connectivity index (χ4n) is 2.39. The molecule has 1 atom stereocenters. The fourth-order valence-corrected chi connectivity index (χ4v) is 2.56. The molecule has 6 heteroatoms. The van der Waals surface area contributed by atoms with Crippen LogP contribution in [0.15, 0.2) is 48.5 Å². The molecule has 126 valence electrons. The molecule has 0 aliphatic heterocycles. The van der Waals surface area contributed by atoms with Crippen molar-refractivity contribution >= 4 is 23.4 Å². The lowest BCUT2D eigenvalue weighted by atomic mass is 9.96. The molecule has 0 fully saturated rings. The van der Waals surface area contributed by atoms with Crippen molar-refractivity contribution in [3.8, 4) is 5.75 Å². The normalized spacial score (nSPS) is 11.5. The maximum atomic E-state index is 12.3. The summed E-state index contributed by atoms with van der Waals surface area (Å²) in [6.07, 6.45) is 0.617. The van der Waals surface area contributed by atoms with Gasteiger partial charge in [0.2, 0.25) is 5.91 Å². The van der Waals surface area contributed by atoms with Gasteiger partial charge in [-0.15, -0.1) is 0 Å². The molecule has 0 unspecified atom stereocenters. The maximum Gasteiger partial charge on any atom is 0.273 e. The summed E-state index contributed by atoms with van der Waals surface area (Å²) in [5.74, 6) is -0.738. The van der Waals surface area contributed by atoms with Crippen molar-refractivity contribution in [3.05, 3.63) is 64.7 Å². The van der Waals surface area contributed by atoms with Crippen molar-refractivity contribution in [2.75, 3.05) is 7.11 Å². The number of methoxy groups -OCH3 is 1. The number of halogens is 1. The molecule has 2 amide bonds. The Morgan fingerprint density at radius 3 is 2.46 bits per heavy atom. The number of carbonyl (C=O) groups excluding carboxylic acids is 2. The van der Waals surface area contributed by atoms with E-state index in [1.54, 1.807) is 12.1 Å². The largest absolute Gasteiger partial charge is 0.496 e. The number of amides is 2. The van der Waals surface area contributed by atoms with Gasteiger partial charge in [-0.05, 0) is 30.2 Å². The minimum Gasteiger partial charge on any atom is -0.496 e. The Labute approximate surface area is 145 Å². The summed E-state index contributed by atoms with van der Waals surface area (Å²) < 4.78 is 5.13. The highest BCUT2D eigenvalue weighted by molar-refractivity contribution is 6.31. The first kappa shape index (κ1) is 17.8. The first-order chi connectivity index (χ1) is 11.6. The molecule has 0 radical (unpaired) electrons. The summed E-state index contributed by atoms with van der Waals surface area (Å²) in [6.45, 7) is 1.92. The molecule has 2 aromatic rings. The number of rotatable bonds is 5. The van der Waals surface area contributed by atoms with Crippen LogP contribution in [0.4, 0.5) is 0 Å². The second-order valence-corrected chi connectivity index (χ2v) is 5.60. The highest BCUT2D eigenvalue weighted by atomic mass is 35.5. The Bertz CT molecular complexity index is 719. The van der Waals surface area contributed by atoms with Gasteiger partial charge in [-0.1, -0.05) is 48.9 Å². The minimum absolute atomic E-state index is 0.248. The van der Waals surface area contributed by atoms with Crippen LogP contribution >= 0.6 is 11.6 Å². The van der Waals surface area contributed by atoms with E-state index in [2.05, 4.69) is 10.9 Å². The molecular formula is C18H19ClN2O3. The van der Waals surface area contributed by atoms with Crippen LogP contribution in [0.2, 0.25) is 5.02 Å². The van der Waals surface area contributed by atoms with Crippen LogP contribution in [0, 0.1) is 0 Å². The van der Waals surface area contributed by atoms with Crippen LogP contribution in [-0.2, 0) is 4.79 Å². The molecular weight excluding hydrogens is 328 g/mol. The number of benzene rings is 2. The van der Waals surface area contributed by atoms with Gasteiger partial charge >= 0.3 is 0 Å². The molecule has 2 aromatic carbocycles. The molecule has 0 heterocycles. The van der Waals surface area contributed by atoms with E-state index in [1.165, 1.54) is 13.2 Å². The first-order valence-corrected chi connectivity index (χ1v) is 7.93. The Morgan fingerprint density at radius 1 is 1.12 bits per heavy atom. The summed E-state index contributed by atoms with van der Waals surface area (Å²) >= 11 is 5.91. The first-order valence-electron chi connectivity index (χ1n) is 7.55. The SMILES string of the molecule is CC[C@H](C(=O)NNC(=O)c1cc(Cl)ccc1OC)c1ccccc1. The van der Waals surface area contributed by atoms with Crippen molar-refractivity contribution in [3.63, 3.8) is 0 Å². The molecule has 2 N–H and O–H groups in total. The number of hydrogen-bond acceptors (Lipinski definition) is 3. The zero-order chi connectivity index (χ0) is 17.5. The zero-order valence-electron chi connectivity index (χ0n) is 13.5. The number of hydrazine groups is 1. The Kier molecular flexibility index (Phi) is 6.21. The van der Waals surface area contributed by atoms with E-state index in [-0.39, 0.29) is 17.4 Å². The van der Waals surface area contributed by atoms with Gasteiger partial charge in [-0.3, -0.25) is 20.4 Å². The second kappa shape index (κ2) is 8.36. The van der Waals surface area contributed by atoms with Gasteiger partial charge < -0.3 is 4.74 Å². The van der Waals surface area contributed by atoms with Crippen LogP contribution in [0.25, 0.3) is 0 Å². The number of ether oxygens (including phenoxy) is 1. The monoisotopic (exact) mass is 346 g/mol. The molecule has 0 aromatic heterocycles. The summed E-state index contributed by atoms with van der Waals surface area (Å²) in [6, 6.07) is 14.1. The van der Waals surface area contributed by atoms with Gasteiger partial charge in [0.25, 0.3) is 5.91 Å². The van der Waals surface area contributed by atoms with Crippen molar-refractivity contribution < 1.29 is 14.3 Å². The Balaban J connectivity index is 2.06. The third-order valence-corrected chi connectivity index (χ3v) is 3.87. The lowest BCUT2D eigenvalue weighted by Gasteiger charge is -2.16. The number of nitrogens with one attached hydrogen (secondary N) is 2. The van der Waals surface area contributed by atoms with Gasteiger partial charge in [0, 0.05) is 5.02 Å². The van der Waals surface area contributed by atoms with E-state index >= 15 is 0 Å². The van der Waals surface area contributed by atoms with Gasteiger partial charge in [-0.2, -0.15) is 0 Å². The average molecular weight is 347 g/mol. The molecule has 0 saturated carbocycles. The maximum absolute atomic E-state index is 12.3. The van der Waals surface area contributed by atoms with Crippen molar-refractivity contribution in [1.82, 2.24) is 10.9 Å². The van der Waals surface area contributed by atoms with Gasteiger partial charge in [0.05, 0.1) is 18.6 Å². The van der Waals surface area contributed by atoms with Crippen LogP contribution < -0.4 is 15.6 Å². The molecule has 24 heavy (non-hydrogen) atoms. The van der Waals surface area contributed by atoms with Crippen molar-refractivity contribution in [2.45, 2.75) is 19.3 Å². The molecule has 5 nitrogen and oxygen atoms in total. The van der Waals surface area contributed by atoms with Crippen LogP contribution in [0.3, 0.4) is 0 Å². The topological polar surface area (TPSA) is 67.4 Å². The highest BCUT2D eigenvalue weighted by Crippen LogP contribution is 2.22. The third-order valence-electron chi connectivity index (χ3n) is 3.63. The summed E-state index contributed by atoms with van der Waals surface area (Å²) in [7, 11) is 1.46. The van der Waals surface area contributed by atoms with Gasteiger partial charge in [-0.25, -0.2) is 0 Å². The second-order valence-electron chi connectivity index (χ2n) is 5.16. The lowest BCUT2D eigenvalue weighted by Crippen LogP contribution is -2.44. The smallest absolute Gasteiger partial charge is 0.273 e. The Morgan fingerprint density at radius 2 is 1.83 bits per heavy atom. The average Bonchev–Trinajstić information content (AvgIpc) is 2.61. The lowest BCUT2D eigenvalue weighted by molar-refractivity contribution is -0.123. The van der Waals surface area contributed by atoms with Gasteiger partial charge in [0.1, 0.15) is 5.75 Å². The molecule has 0 saturated heterocycles. The molecule has 0 bridgehead atoms. The van der Waals surface area contributed by atoms with E-state index in [9.17, 15) is 9.59 Å². The van der Waals surface area contributed by atoms with Crippen molar-refractivity contribution in [2.24, 2.45) is 0 Å². The van der Waals surface area contributed by atoms with Gasteiger partial charge in [0.15, 0.2) is 0 Å². The molecule has 0 spiro atoms. The summed E-state index contributed by atoms with van der Waals surface area (Å²) in [4.78, 5) is 24.6. The molecule has 0 aliphatic carbocycles. The fraction of sp³-hybridized carbons (Fsp3) is 0.222. The predicted octanol–water partition coefficient (Wildman–Crippen LogP) is 3.30. The van der Waals surface area contributed by atoms with E-state index in [0.29, 0.717) is 17.2 Å². The standard InChI is InChI=1S/C18H19ClN2O3/c1-3-14(12-7-5-4-6-8-12)17(22)20-21-18(23)15-11-13(19)9-10-16(15)24-2/h4-11,14H,3H2,1-2H3,(H,20,22)(H,21,23)/t14-/m0/s1. The summed E-state index contributed by atoms with van der Waals surface area (Å²) in [5, 5.41) is 0.406.